The Morgan fingerprint density at radius 2 is 1.77 bits per heavy atom. The number of amides is 2. The van der Waals surface area contributed by atoms with Gasteiger partial charge in [0, 0.05) is 56.3 Å². The molecule has 1 saturated heterocycles. The van der Waals surface area contributed by atoms with Crippen LogP contribution in [-0.2, 0) is 11.3 Å². The zero-order chi connectivity index (χ0) is 28.1. The maximum Gasteiger partial charge on any atom is 0.256 e. The number of anilines is 3. The topological polar surface area (TPSA) is 111 Å². The number of carbonyl (C=O) groups is 2. The van der Waals surface area contributed by atoms with E-state index in [0.717, 1.165) is 16.6 Å². The lowest BCUT2D eigenvalue weighted by atomic mass is 10.1. The summed E-state index contributed by atoms with van der Waals surface area (Å²) in [5.41, 5.74) is 3.91. The molecule has 1 fully saturated rings. The number of piperazine rings is 1. The minimum absolute atomic E-state index is 0.0805. The molecule has 0 bridgehead atoms. The first kappa shape index (κ1) is 26.5. The van der Waals surface area contributed by atoms with Crippen molar-refractivity contribution >= 4 is 39.9 Å². The summed E-state index contributed by atoms with van der Waals surface area (Å²) in [4.78, 5) is 33.7. The van der Waals surface area contributed by atoms with Crippen molar-refractivity contribution in [1.29, 1.82) is 5.26 Å². The minimum atomic E-state index is -0.392. The van der Waals surface area contributed by atoms with Crippen LogP contribution in [0.1, 0.15) is 28.4 Å². The summed E-state index contributed by atoms with van der Waals surface area (Å²) in [5.74, 6) is 0.427. The van der Waals surface area contributed by atoms with Gasteiger partial charge in [-0.05, 0) is 42.0 Å². The number of nitriles is 1. The van der Waals surface area contributed by atoms with Crippen LogP contribution in [0.25, 0.3) is 10.9 Å². The van der Waals surface area contributed by atoms with Crippen LogP contribution in [0, 0.1) is 11.3 Å². The fourth-order valence-corrected chi connectivity index (χ4v) is 4.84. The monoisotopic (exact) mass is 534 g/mol. The molecule has 202 valence electrons. The number of carbonyl (C=O) groups excluding carboxylic acids is 2. The molecule has 5 rings (SSSR count). The molecule has 2 amide bonds. The van der Waals surface area contributed by atoms with E-state index in [-0.39, 0.29) is 17.3 Å². The summed E-state index contributed by atoms with van der Waals surface area (Å²) in [6.45, 7) is 4.82. The largest absolute Gasteiger partial charge is 0.497 e. The molecule has 4 aromatic rings. The Labute approximate surface area is 233 Å². The van der Waals surface area contributed by atoms with Crippen LogP contribution in [-0.4, -0.2) is 55.0 Å². The predicted molar refractivity (Wildman–Crippen MR) is 156 cm³/mol. The van der Waals surface area contributed by atoms with E-state index >= 15 is 0 Å². The van der Waals surface area contributed by atoms with Crippen LogP contribution in [0.2, 0.25) is 0 Å². The van der Waals surface area contributed by atoms with E-state index in [1.807, 2.05) is 53.4 Å². The fraction of sp³-hybridized carbons (Fsp3) is 0.226. The van der Waals surface area contributed by atoms with E-state index in [1.54, 1.807) is 31.2 Å². The Balaban J connectivity index is 1.53. The number of nitrogens with zero attached hydrogens (tertiary/aromatic N) is 4. The molecule has 9 heteroatoms. The molecule has 0 unspecified atom stereocenters. The Morgan fingerprint density at radius 1 is 1.00 bits per heavy atom. The number of aromatic nitrogens is 1. The minimum Gasteiger partial charge on any atom is -0.497 e. The van der Waals surface area contributed by atoms with E-state index in [2.05, 4.69) is 21.6 Å². The van der Waals surface area contributed by atoms with Crippen molar-refractivity contribution in [3.63, 3.8) is 0 Å². The van der Waals surface area contributed by atoms with E-state index in [4.69, 9.17) is 9.72 Å². The third-order valence-electron chi connectivity index (χ3n) is 7.05. The first-order valence-corrected chi connectivity index (χ1v) is 13.1. The van der Waals surface area contributed by atoms with Crippen molar-refractivity contribution in [2.75, 3.05) is 48.8 Å². The van der Waals surface area contributed by atoms with Gasteiger partial charge in [-0.15, -0.1) is 0 Å². The number of methoxy groups -OCH3 is 1. The van der Waals surface area contributed by atoms with E-state index in [0.29, 0.717) is 55.2 Å². The highest BCUT2D eigenvalue weighted by Crippen LogP contribution is 2.34. The van der Waals surface area contributed by atoms with Crippen molar-refractivity contribution in [1.82, 2.24) is 9.88 Å². The Bertz CT molecular complexity index is 1590. The van der Waals surface area contributed by atoms with Crippen LogP contribution < -0.4 is 20.3 Å². The van der Waals surface area contributed by atoms with Crippen molar-refractivity contribution in [3.8, 4) is 11.8 Å². The summed E-state index contributed by atoms with van der Waals surface area (Å²) in [6.07, 6.45) is 0. The van der Waals surface area contributed by atoms with Gasteiger partial charge in [-0.25, -0.2) is 4.98 Å². The number of nitrogens with one attached hydrogen (secondary N) is 2. The number of benzene rings is 3. The summed E-state index contributed by atoms with van der Waals surface area (Å²) in [5, 5.41) is 17.3. The fourth-order valence-electron chi connectivity index (χ4n) is 4.84. The highest BCUT2D eigenvalue weighted by Gasteiger charge is 2.22. The van der Waals surface area contributed by atoms with Crippen LogP contribution >= 0.6 is 0 Å². The second-order valence-corrected chi connectivity index (χ2v) is 9.54. The van der Waals surface area contributed by atoms with Crippen molar-refractivity contribution in [2.45, 2.75) is 13.5 Å². The SMILES string of the molecule is COc1cccc(C(=O)Nc2nc3ccc(N4CCN(C(C)=O)CC4)cc3c(NCc3ccccc3)c2C#N)c1. The Hall–Kier alpha value is -5.10. The number of ether oxygens (including phenoxy) is 1. The van der Waals surface area contributed by atoms with Gasteiger partial charge in [0.15, 0.2) is 5.82 Å². The maximum absolute atomic E-state index is 13.1. The average Bonchev–Trinajstić information content (AvgIpc) is 3.00. The van der Waals surface area contributed by atoms with Crippen LogP contribution in [0.3, 0.4) is 0 Å². The predicted octanol–water partition coefficient (Wildman–Crippen LogP) is 4.65. The number of hydrogen-bond donors (Lipinski definition) is 2. The molecule has 1 aliphatic heterocycles. The number of rotatable bonds is 7. The molecule has 40 heavy (non-hydrogen) atoms. The second kappa shape index (κ2) is 11.7. The third kappa shape index (κ3) is 5.66. The number of pyridine rings is 1. The molecule has 0 radical (unpaired) electrons. The normalized spacial score (nSPS) is 13.0. The molecule has 0 aliphatic carbocycles. The van der Waals surface area contributed by atoms with Gasteiger partial charge in [0.25, 0.3) is 5.91 Å². The van der Waals surface area contributed by atoms with Crippen molar-refractivity contribution in [3.05, 3.63) is 89.5 Å². The summed E-state index contributed by atoms with van der Waals surface area (Å²) in [6, 6.07) is 24.9. The van der Waals surface area contributed by atoms with Gasteiger partial charge in [0.1, 0.15) is 17.4 Å². The van der Waals surface area contributed by atoms with E-state index in [9.17, 15) is 14.9 Å². The lowest BCUT2D eigenvalue weighted by molar-refractivity contribution is -0.129. The quantitative estimate of drug-likeness (QED) is 0.355. The zero-order valence-electron chi connectivity index (χ0n) is 22.5. The molecule has 0 saturated carbocycles. The lowest BCUT2D eigenvalue weighted by Gasteiger charge is -2.35. The van der Waals surface area contributed by atoms with Crippen molar-refractivity contribution < 1.29 is 14.3 Å². The number of hydrogen-bond acceptors (Lipinski definition) is 7. The molecule has 9 nitrogen and oxygen atoms in total. The molecule has 0 spiro atoms. The smallest absolute Gasteiger partial charge is 0.256 e. The van der Waals surface area contributed by atoms with Crippen LogP contribution in [0.15, 0.2) is 72.8 Å². The first-order valence-electron chi connectivity index (χ1n) is 13.1. The Morgan fingerprint density at radius 3 is 2.48 bits per heavy atom. The molecule has 1 aliphatic rings. The maximum atomic E-state index is 13.1. The molecule has 1 aromatic heterocycles. The zero-order valence-corrected chi connectivity index (χ0v) is 22.5. The second-order valence-electron chi connectivity index (χ2n) is 9.54. The third-order valence-corrected chi connectivity index (χ3v) is 7.05. The van der Waals surface area contributed by atoms with Gasteiger partial charge in [-0.2, -0.15) is 5.26 Å². The molecular weight excluding hydrogens is 504 g/mol. The van der Waals surface area contributed by atoms with E-state index < -0.39 is 5.91 Å². The van der Waals surface area contributed by atoms with Crippen molar-refractivity contribution in [2.24, 2.45) is 0 Å². The van der Waals surface area contributed by atoms with Crippen LogP contribution in [0.5, 0.6) is 5.75 Å². The molecule has 0 atom stereocenters. The highest BCUT2D eigenvalue weighted by molar-refractivity contribution is 6.07. The summed E-state index contributed by atoms with van der Waals surface area (Å²) in [7, 11) is 1.54. The van der Waals surface area contributed by atoms with Gasteiger partial charge >= 0.3 is 0 Å². The Kier molecular flexibility index (Phi) is 7.78. The average molecular weight is 535 g/mol. The van der Waals surface area contributed by atoms with Gasteiger partial charge in [0.05, 0.1) is 18.3 Å². The molecule has 3 aromatic carbocycles. The van der Waals surface area contributed by atoms with Gasteiger partial charge in [0.2, 0.25) is 5.91 Å². The van der Waals surface area contributed by atoms with Crippen LogP contribution in [0.4, 0.5) is 17.2 Å². The standard InChI is InChI=1S/C31H30N6O3/c1-21(38)36-13-15-37(16-14-36)24-11-12-28-26(18-24)29(33-20-22-7-4-3-5-8-22)27(19-32)30(34-28)35-31(39)23-9-6-10-25(17-23)40-2/h3-12,17-18H,13-16,20H2,1-2H3,(H2,33,34,35,39). The highest BCUT2D eigenvalue weighted by atomic mass is 16.5. The molecule has 2 heterocycles. The van der Waals surface area contributed by atoms with Gasteiger partial charge < -0.3 is 25.2 Å². The van der Waals surface area contributed by atoms with Gasteiger partial charge in [-0.1, -0.05) is 36.4 Å². The molecular formula is C31H30N6O3. The summed E-state index contributed by atoms with van der Waals surface area (Å²) < 4.78 is 5.25. The van der Waals surface area contributed by atoms with E-state index in [1.165, 1.54) is 7.11 Å². The lowest BCUT2D eigenvalue weighted by Crippen LogP contribution is -2.48. The summed E-state index contributed by atoms with van der Waals surface area (Å²) >= 11 is 0. The van der Waals surface area contributed by atoms with Gasteiger partial charge in [-0.3, -0.25) is 9.59 Å². The molecule has 2 N–H and O–H groups in total. The number of fused-ring (bicyclic) bond motifs is 1. The first-order chi connectivity index (χ1) is 19.5.